The summed E-state index contributed by atoms with van der Waals surface area (Å²) >= 11 is 0. The van der Waals surface area contributed by atoms with Crippen molar-refractivity contribution in [1.82, 2.24) is 4.72 Å². The minimum Gasteiger partial charge on any atom is -0.493 e. The van der Waals surface area contributed by atoms with Gasteiger partial charge in [0.25, 0.3) is 0 Å². The van der Waals surface area contributed by atoms with Crippen LogP contribution in [0.4, 0.5) is 10.5 Å². The van der Waals surface area contributed by atoms with Crippen molar-refractivity contribution in [3.05, 3.63) is 53.1 Å². The lowest BCUT2D eigenvalue weighted by molar-refractivity contribution is 0.257. The molecule has 2 amide bonds. The molecule has 1 heterocycles. The van der Waals surface area contributed by atoms with Crippen LogP contribution in [0.3, 0.4) is 0 Å². The molecule has 2 aromatic carbocycles. The Kier molecular flexibility index (Phi) is 4.34. The van der Waals surface area contributed by atoms with Gasteiger partial charge in [0.15, 0.2) is 11.0 Å². The highest BCUT2D eigenvalue weighted by molar-refractivity contribution is 7.83. The van der Waals surface area contributed by atoms with Gasteiger partial charge in [-0.05, 0) is 60.9 Å². The number of hydrogen-bond donors (Lipinski definition) is 2. The van der Waals surface area contributed by atoms with Crippen LogP contribution in [0.2, 0.25) is 0 Å². The number of nitrogens with one attached hydrogen (secondary N) is 2. The maximum absolute atomic E-state index is 12.3. The number of urea groups is 1. The molecule has 0 bridgehead atoms. The van der Waals surface area contributed by atoms with E-state index in [2.05, 4.69) is 10.0 Å². The fourth-order valence-electron chi connectivity index (χ4n) is 2.40. The maximum atomic E-state index is 12.3. The summed E-state index contributed by atoms with van der Waals surface area (Å²) in [5.74, 6) is 0.824. The van der Waals surface area contributed by atoms with Crippen molar-refractivity contribution >= 4 is 22.7 Å². The van der Waals surface area contributed by atoms with Crippen molar-refractivity contribution in [2.24, 2.45) is 0 Å². The number of benzene rings is 2. The van der Waals surface area contributed by atoms with Gasteiger partial charge >= 0.3 is 6.03 Å². The Morgan fingerprint density at radius 2 is 1.96 bits per heavy atom. The second-order valence-electron chi connectivity index (χ2n) is 5.49. The lowest BCUT2D eigenvalue weighted by atomic mass is 10.1. The number of anilines is 1. The molecular weight excluding hydrogens is 312 g/mol. The van der Waals surface area contributed by atoms with Crippen molar-refractivity contribution in [2.45, 2.75) is 25.2 Å². The molecule has 0 spiro atoms. The highest BCUT2D eigenvalue weighted by Crippen LogP contribution is 2.26. The SMILES string of the molecule is Cc1ccc(NC(=O)NS(=O)c2ccc3c(c2)CCO3)cc1C. The average Bonchev–Trinajstić information content (AvgIpc) is 2.98. The summed E-state index contributed by atoms with van der Waals surface area (Å²) < 4.78 is 20.1. The fourth-order valence-corrected chi connectivity index (χ4v) is 3.18. The van der Waals surface area contributed by atoms with Gasteiger partial charge in [-0.25, -0.2) is 9.00 Å². The predicted octanol–water partition coefficient (Wildman–Crippen LogP) is 3.08. The quantitative estimate of drug-likeness (QED) is 0.909. The van der Waals surface area contributed by atoms with E-state index in [0.717, 1.165) is 28.9 Å². The molecule has 0 aromatic heterocycles. The number of ether oxygens (including phenoxy) is 1. The first-order valence-corrected chi connectivity index (χ1v) is 8.50. The van der Waals surface area contributed by atoms with Gasteiger partial charge in [-0.15, -0.1) is 0 Å². The van der Waals surface area contributed by atoms with Gasteiger partial charge in [0.1, 0.15) is 5.75 Å². The molecule has 120 valence electrons. The van der Waals surface area contributed by atoms with Gasteiger partial charge in [0.05, 0.1) is 11.5 Å². The molecule has 1 atom stereocenters. The number of hydrogen-bond acceptors (Lipinski definition) is 3. The Labute approximate surface area is 137 Å². The van der Waals surface area contributed by atoms with Crippen molar-refractivity contribution in [3.63, 3.8) is 0 Å². The molecule has 0 fully saturated rings. The Bertz CT molecular complexity index is 789. The van der Waals surface area contributed by atoms with Crippen LogP contribution in [-0.4, -0.2) is 16.8 Å². The number of amides is 2. The van der Waals surface area contributed by atoms with E-state index in [-0.39, 0.29) is 0 Å². The first-order chi connectivity index (χ1) is 11.0. The zero-order valence-electron chi connectivity index (χ0n) is 13.0. The standard InChI is InChI=1S/C17H18N2O3S/c1-11-3-4-14(9-12(11)2)18-17(20)19-23(21)15-5-6-16-13(10-15)7-8-22-16/h3-6,9-10H,7-8H2,1-2H3,(H2,18,19,20). The topological polar surface area (TPSA) is 67.4 Å². The molecule has 2 aromatic rings. The predicted molar refractivity (Wildman–Crippen MR) is 90.1 cm³/mol. The summed E-state index contributed by atoms with van der Waals surface area (Å²) in [5.41, 5.74) is 3.93. The van der Waals surface area contributed by atoms with Crippen LogP contribution >= 0.6 is 0 Å². The third kappa shape index (κ3) is 3.53. The molecule has 0 saturated heterocycles. The van der Waals surface area contributed by atoms with Crippen LogP contribution in [0.1, 0.15) is 16.7 Å². The highest BCUT2D eigenvalue weighted by Gasteiger charge is 2.15. The molecule has 2 N–H and O–H groups in total. The second kappa shape index (κ2) is 6.42. The zero-order chi connectivity index (χ0) is 16.4. The van der Waals surface area contributed by atoms with Crippen molar-refractivity contribution in [2.75, 3.05) is 11.9 Å². The molecule has 0 radical (unpaired) electrons. The third-order valence-electron chi connectivity index (χ3n) is 3.83. The fraction of sp³-hybridized carbons (Fsp3) is 0.235. The summed E-state index contributed by atoms with van der Waals surface area (Å²) in [4.78, 5) is 12.5. The van der Waals surface area contributed by atoms with Crippen LogP contribution in [0.15, 0.2) is 41.3 Å². The van der Waals surface area contributed by atoms with E-state index >= 15 is 0 Å². The zero-order valence-corrected chi connectivity index (χ0v) is 13.8. The average molecular weight is 330 g/mol. The van der Waals surface area contributed by atoms with Gasteiger partial charge in [-0.1, -0.05) is 6.07 Å². The molecule has 0 aliphatic carbocycles. The Hall–Kier alpha value is -2.34. The molecule has 1 aliphatic rings. The van der Waals surface area contributed by atoms with Gasteiger partial charge < -0.3 is 10.1 Å². The van der Waals surface area contributed by atoms with Gasteiger partial charge in [0.2, 0.25) is 0 Å². The van der Waals surface area contributed by atoms with Gasteiger partial charge in [-0.3, -0.25) is 4.72 Å². The number of fused-ring (bicyclic) bond motifs is 1. The van der Waals surface area contributed by atoms with E-state index in [9.17, 15) is 9.00 Å². The monoisotopic (exact) mass is 330 g/mol. The summed E-state index contributed by atoms with van der Waals surface area (Å²) in [5, 5.41) is 2.70. The number of aryl methyl sites for hydroxylation is 2. The first-order valence-electron chi connectivity index (χ1n) is 7.35. The van der Waals surface area contributed by atoms with Crippen molar-refractivity contribution in [3.8, 4) is 5.75 Å². The van der Waals surface area contributed by atoms with Gasteiger partial charge in [-0.2, -0.15) is 0 Å². The van der Waals surface area contributed by atoms with Crippen LogP contribution in [0, 0.1) is 13.8 Å². The van der Waals surface area contributed by atoms with Crippen LogP contribution < -0.4 is 14.8 Å². The third-order valence-corrected chi connectivity index (χ3v) is 4.88. The number of rotatable bonds is 3. The summed E-state index contributed by atoms with van der Waals surface area (Å²) in [6.07, 6.45) is 0.801. The lowest BCUT2D eigenvalue weighted by Crippen LogP contribution is -2.30. The lowest BCUT2D eigenvalue weighted by Gasteiger charge is -2.09. The van der Waals surface area contributed by atoms with Crippen molar-refractivity contribution in [1.29, 1.82) is 0 Å². The smallest absolute Gasteiger partial charge is 0.331 e. The second-order valence-corrected chi connectivity index (χ2v) is 6.70. The summed E-state index contributed by atoms with van der Waals surface area (Å²) in [7, 11) is -1.61. The Morgan fingerprint density at radius 1 is 1.13 bits per heavy atom. The summed E-state index contributed by atoms with van der Waals surface area (Å²) in [6.45, 7) is 4.63. The molecular formula is C17H18N2O3S. The van der Waals surface area contributed by atoms with Crippen LogP contribution in [-0.2, 0) is 17.4 Å². The maximum Gasteiger partial charge on any atom is 0.331 e. The Balaban J connectivity index is 1.65. The summed E-state index contributed by atoms with van der Waals surface area (Å²) in [6, 6.07) is 10.4. The van der Waals surface area contributed by atoms with E-state index in [1.807, 2.05) is 38.1 Å². The van der Waals surface area contributed by atoms with Gasteiger partial charge in [0, 0.05) is 12.1 Å². The largest absolute Gasteiger partial charge is 0.493 e. The van der Waals surface area contributed by atoms with E-state index in [1.54, 1.807) is 12.1 Å². The molecule has 1 unspecified atom stereocenters. The van der Waals surface area contributed by atoms with E-state index in [4.69, 9.17) is 4.74 Å². The highest BCUT2D eigenvalue weighted by atomic mass is 32.2. The minimum absolute atomic E-state index is 0.497. The first kappa shape index (κ1) is 15.6. The number of carbonyl (C=O) groups excluding carboxylic acids is 1. The van der Waals surface area contributed by atoms with Crippen molar-refractivity contribution < 1.29 is 13.7 Å². The normalized spacial score (nSPS) is 13.8. The minimum atomic E-state index is -1.61. The van der Waals surface area contributed by atoms with E-state index in [0.29, 0.717) is 17.2 Å². The molecule has 5 nitrogen and oxygen atoms in total. The molecule has 3 rings (SSSR count). The molecule has 23 heavy (non-hydrogen) atoms. The van der Waals surface area contributed by atoms with E-state index < -0.39 is 17.0 Å². The number of carbonyl (C=O) groups is 1. The Morgan fingerprint density at radius 3 is 2.74 bits per heavy atom. The van der Waals surface area contributed by atoms with E-state index in [1.165, 1.54) is 0 Å². The molecule has 1 aliphatic heterocycles. The molecule has 0 saturated carbocycles. The molecule has 6 heteroatoms. The van der Waals surface area contributed by atoms with Crippen LogP contribution in [0.5, 0.6) is 5.75 Å². The van der Waals surface area contributed by atoms with Crippen LogP contribution in [0.25, 0.3) is 0 Å².